The van der Waals surface area contributed by atoms with Gasteiger partial charge in [-0.2, -0.15) is 0 Å². The number of rotatable bonds is 6. The van der Waals surface area contributed by atoms with Gasteiger partial charge in [-0.3, -0.25) is 0 Å². The minimum Gasteiger partial charge on any atom is -0.342 e. The Balaban J connectivity index is 1.97. The van der Waals surface area contributed by atoms with Crippen LogP contribution in [-0.2, 0) is 6.42 Å². The number of halogens is 2. The van der Waals surface area contributed by atoms with Crippen molar-refractivity contribution in [2.45, 2.75) is 45.4 Å². The van der Waals surface area contributed by atoms with Gasteiger partial charge in [0, 0.05) is 12.5 Å². The molecule has 0 saturated carbocycles. The number of imidazole rings is 1. The minimum atomic E-state index is -0.249. The van der Waals surface area contributed by atoms with Crippen LogP contribution in [0.25, 0.3) is 11.0 Å². The van der Waals surface area contributed by atoms with E-state index in [-0.39, 0.29) is 5.82 Å². The highest BCUT2D eigenvalue weighted by molar-refractivity contribution is 9.10. The molecule has 2 rings (SSSR count). The SMILES string of the molecule is CCCCCCCc1nc2cc(Br)c(F)cc2[nH]1. The van der Waals surface area contributed by atoms with Crippen LogP contribution in [-0.4, -0.2) is 9.97 Å². The van der Waals surface area contributed by atoms with Crippen molar-refractivity contribution in [2.75, 3.05) is 0 Å². The van der Waals surface area contributed by atoms with E-state index in [1.807, 2.05) is 0 Å². The lowest BCUT2D eigenvalue weighted by Crippen LogP contribution is -1.88. The summed E-state index contributed by atoms with van der Waals surface area (Å²) < 4.78 is 13.8. The van der Waals surface area contributed by atoms with Crippen LogP contribution in [0.2, 0.25) is 0 Å². The maximum absolute atomic E-state index is 13.4. The van der Waals surface area contributed by atoms with Crippen molar-refractivity contribution in [3.63, 3.8) is 0 Å². The zero-order valence-corrected chi connectivity index (χ0v) is 12.2. The van der Waals surface area contributed by atoms with Crippen LogP contribution < -0.4 is 0 Å². The Labute approximate surface area is 115 Å². The molecule has 0 spiro atoms. The quantitative estimate of drug-likeness (QED) is 0.749. The highest BCUT2D eigenvalue weighted by atomic mass is 79.9. The summed E-state index contributed by atoms with van der Waals surface area (Å²) in [7, 11) is 0. The summed E-state index contributed by atoms with van der Waals surface area (Å²) in [6.07, 6.45) is 7.18. The van der Waals surface area contributed by atoms with E-state index in [9.17, 15) is 4.39 Å². The second-order valence-electron chi connectivity index (χ2n) is 4.63. The van der Waals surface area contributed by atoms with Crippen molar-refractivity contribution in [1.82, 2.24) is 9.97 Å². The lowest BCUT2D eigenvalue weighted by Gasteiger charge is -1.97. The Morgan fingerprint density at radius 2 is 2.00 bits per heavy atom. The first-order chi connectivity index (χ1) is 8.70. The first-order valence-electron chi connectivity index (χ1n) is 6.54. The molecule has 0 atom stereocenters. The molecule has 0 aliphatic rings. The molecule has 0 unspecified atom stereocenters. The van der Waals surface area contributed by atoms with Gasteiger partial charge >= 0.3 is 0 Å². The normalized spacial score (nSPS) is 11.3. The molecule has 1 heterocycles. The molecule has 0 radical (unpaired) electrons. The van der Waals surface area contributed by atoms with E-state index >= 15 is 0 Å². The maximum Gasteiger partial charge on any atom is 0.139 e. The number of fused-ring (bicyclic) bond motifs is 1. The van der Waals surface area contributed by atoms with Crippen molar-refractivity contribution in [3.05, 3.63) is 28.2 Å². The molecule has 1 aromatic heterocycles. The lowest BCUT2D eigenvalue weighted by atomic mass is 10.1. The van der Waals surface area contributed by atoms with Gasteiger partial charge in [-0.25, -0.2) is 9.37 Å². The standard InChI is InChI=1S/C14H18BrFN2/c1-2-3-4-5-6-7-14-17-12-8-10(15)11(16)9-13(12)18-14/h8-9H,2-7H2,1H3,(H,17,18). The number of aryl methyl sites for hydroxylation is 1. The topological polar surface area (TPSA) is 28.7 Å². The second kappa shape index (κ2) is 6.32. The Morgan fingerprint density at radius 1 is 1.22 bits per heavy atom. The van der Waals surface area contributed by atoms with Crippen LogP contribution >= 0.6 is 15.9 Å². The number of H-pyrrole nitrogens is 1. The highest BCUT2D eigenvalue weighted by Gasteiger charge is 2.07. The van der Waals surface area contributed by atoms with E-state index in [0.29, 0.717) is 4.47 Å². The van der Waals surface area contributed by atoms with Gasteiger partial charge in [0.1, 0.15) is 11.6 Å². The third-order valence-electron chi connectivity index (χ3n) is 3.09. The van der Waals surface area contributed by atoms with Gasteiger partial charge in [-0.05, 0) is 28.4 Å². The molecule has 1 N–H and O–H groups in total. The third kappa shape index (κ3) is 3.31. The van der Waals surface area contributed by atoms with Gasteiger partial charge in [0.2, 0.25) is 0 Å². The van der Waals surface area contributed by atoms with Crippen LogP contribution in [0.4, 0.5) is 4.39 Å². The van der Waals surface area contributed by atoms with Crippen LogP contribution in [0.1, 0.15) is 44.9 Å². The number of nitrogens with one attached hydrogen (secondary N) is 1. The Kier molecular flexibility index (Phi) is 4.75. The van der Waals surface area contributed by atoms with Gasteiger partial charge < -0.3 is 4.98 Å². The average Bonchev–Trinajstić information content (AvgIpc) is 2.71. The first-order valence-corrected chi connectivity index (χ1v) is 7.33. The fourth-order valence-corrected chi connectivity index (χ4v) is 2.40. The number of hydrogen-bond acceptors (Lipinski definition) is 1. The molecular weight excluding hydrogens is 295 g/mol. The second-order valence-corrected chi connectivity index (χ2v) is 5.49. The Hall–Kier alpha value is -0.900. The molecule has 0 saturated heterocycles. The van der Waals surface area contributed by atoms with Crippen molar-refractivity contribution in [2.24, 2.45) is 0 Å². The molecule has 18 heavy (non-hydrogen) atoms. The monoisotopic (exact) mass is 312 g/mol. The molecule has 4 heteroatoms. The average molecular weight is 313 g/mol. The van der Waals surface area contributed by atoms with Crippen LogP contribution in [0.15, 0.2) is 16.6 Å². The van der Waals surface area contributed by atoms with Crippen molar-refractivity contribution in [1.29, 1.82) is 0 Å². The summed E-state index contributed by atoms with van der Waals surface area (Å²) >= 11 is 3.18. The molecule has 0 aliphatic heterocycles. The van der Waals surface area contributed by atoms with E-state index in [1.165, 1.54) is 31.7 Å². The first kappa shape index (κ1) is 13.5. The molecular formula is C14H18BrFN2. The predicted molar refractivity (Wildman–Crippen MR) is 76.2 cm³/mol. The van der Waals surface area contributed by atoms with E-state index < -0.39 is 0 Å². The van der Waals surface area contributed by atoms with Crippen LogP contribution in [0, 0.1) is 5.82 Å². The van der Waals surface area contributed by atoms with Crippen molar-refractivity contribution >= 4 is 27.0 Å². The molecule has 0 amide bonds. The Bertz CT molecular complexity index is 483. The highest BCUT2D eigenvalue weighted by Crippen LogP contribution is 2.22. The summed E-state index contributed by atoms with van der Waals surface area (Å²) in [5, 5.41) is 0. The van der Waals surface area contributed by atoms with Gasteiger partial charge in [-0.1, -0.05) is 32.6 Å². The van der Waals surface area contributed by atoms with Crippen molar-refractivity contribution in [3.8, 4) is 0 Å². The minimum absolute atomic E-state index is 0.249. The largest absolute Gasteiger partial charge is 0.342 e. The molecule has 98 valence electrons. The van der Waals surface area contributed by atoms with Gasteiger partial charge in [0.05, 0.1) is 15.5 Å². The molecule has 0 fully saturated rings. The van der Waals surface area contributed by atoms with Gasteiger partial charge in [-0.15, -0.1) is 0 Å². The molecule has 0 bridgehead atoms. The fraction of sp³-hybridized carbons (Fsp3) is 0.500. The number of aromatic amines is 1. The number of unbranched alkanes of at least 4 members (excludes halogenated alkanes) is 4. The molecule has 1 aromatic carbocycles. The number of aromatic nitrogens is 2. The van der Waals surface area contributed by atoms with Gasteiger partial charge in [0.15, 0.2) is 0 Å². The van der Waals surface area contributed by atoms with Crippen LogP contribution in [0.5, 0.6) is 0 Å². The zero-order valence-electron chi connectivity index (χ0n) is 10.6. The van der Waals surface area contributed by atoms with E-state index in [1.54, 1.807) is 6.07 Å². The van der Waals surface area contributed by atoms with Crippen LogP contribution in [0.3, 0.4) is 0 Å². The smallest absolute Gasteiger partial charge is 0.139 e. The molecule has 2 nitrogen and oxygen atoms in total. The zero-order chi connectivity index (χ0) is 13.0. The number of hydrogen-bond donors (Lipinski definition) is 1. The summed E-state index contributed by atoms with van der Waals surface area (Å²) in [5.74, 6) is 0.708. The number of benzene rings is 1. The maximum atomic E-state index is 13.4. The van der Waals surface area contributed by atoms with Gasteiger partial charge in [0.25, 0.3) is 0 Å². The third-order valence-corrected chi connectivity index (χ3v) is 3.70. The summed E-state index contributed by atoms with van der Waals surface area (Å²) in [6.45, 7) is 2.21. The molecule has 0 aliphatic carbocycles. The summed E-state index contributed by atoms with van der Waals surface area (Å²) in [6, 6.07) is 3.22. The molecule has 2 aromatic rings. The predicted octanol–water partition coefficient (Wildman–Crippen LogP) is 4.98. The van der Waals surface area contributed by atoms with E-state index in [0.717, 1.165) is 29.7 Å². The lowest BCUT2D eigenvalue weighted by molar-refractivity contribution is 0.622. The van der Waals surface area contributed by atoms with E-state index in [2.05, 4.69) is 32.8 Å². The number of nitrogens with zero attached hydrogens (tertiary/aromatic N) is 1. The summed E-state index contributed by atoms with van der Waals surface area (Å²) in [5.41, 5.74) is 1.60. The van der Waals surface area contributed by atoms with Crippen molar-refractivity contribution < 1.29 is 4.39 Å². The summed E-state index contributed by atoms with van der Waals surface area (Å²) in [4.78, 5) is 7.66. The fourth-order valence-electron chi connectivity index (χ4n) is 2.07. The van der Waals surface area contributed by atoms with E-state index in [4.69, 9.17) is 0 Å². The Morgan fingerprint density at radius 3 is 2.78 bits per heavy atom.